The Morgan fingerprint density at radius 3 is 2.29 bits per heavy atom. The summed E-state index contributed by atoms with van der Waals surface area (Å²) in [7, 11) is 0. The molecule has 0 radical (unpaired) electrons. The Kier molecular flexibility index (Phi) is 5.46. The lowest BCUT2D eigenvalue weighted by Gasteiger charge is -2.17. The molecule has 0 bridgehead atoms. The molecule has 126 valence electrons. The van der Waals surface area contributed by atoms with E-state index in [4.69, 9.17) is 9.47 Å². The van der Waals surface area contributed by atoms with Crippen molar-refractivity contribution in [2.45, 2.75) is 31.3 Å². The average molecular weight is 327 g/mol. The molecule has 1 fully saturated rings. The first-order valence-corrected chi connectivity index (χ1v) is 8.03. The number of epoxide rings is 1. The minimum Gasteiger partial charge on any atom is -0.445 e. The number of amides is 1. The molecule has 1 heterocycles. The molecule has 1 amide bonds. The lowest BCUT2D eigenvalue weighted by molar-refractivity contribution is 0.133. The van der Waals surface area contributed by atoms with E-state index in [1.807, 2.05) is 60.7 Å². The summed E-state index contributed by atoms with van der Waals surface area (Å²) in [5.74, 6) is 0. The number of benzene rings is 2. The summed E-state index contributed by atoms with van der Waals surface area (Å²) in [5.41, 5.74) is 2.03. The van der Waals surface area contributed by atoms with Crippen LogP contribution in [-0.4, -0.2) is 36.1 Å². The smallest absolute Gasteiger partial charge is 0.407 e. The summed E-state index contributed by atoms with van der Waals surface area (Å²) >= 11 is 0. The maximum Gasteiger partial charge on any atom is 0.407 e. The van der Waals surface area contributed by atoms with E-state index < -0.39 is 6.09 Å². The van der Waals surface area contributed by atoms with Crippen LogP contribution in [0, 0.1) is 0 Å². The van der Waals surface area contributed by atoms with Gasteiger partial charge in [0, 0.05) is 0 Å². The molecule has 0 saturated carbocycles. The molecule has 2 aromatic rings. The van der Waals surface area contributed by atoms with Crippen molar-refractivity contribution in [2.75, 3.05) is 6.61 Å². The maximum absolute atomic E-state index is 12.1. The number of hydrogen-bond donors (Lipinski definition) is 2. The van der Waals surface area contributed by atoms with E-state index in [-0.39, 0.29) is 31.5 Å². The molecule has 24 heavy (non-hydrogen) atoms. The van der Waals surface area contributed by atoms with E-state index >= 15 is 0 Å². The molecule has 3 rings (SSSR count). The van der Waals surface area contributed by atoms with Crippen molar-refractivity contribution in [3.63, 3.8) is 0 Å². The van der Waals surface area contributed by atoms with Crippen LogP contribution in [0.2, 0.25) is 0 Å². The van der Waals surface area contributed by atoms with Gasteiger partial charge in [-0.2, -0.15) is 0 Å². The van der Waals surface area contributed by atoms with E-state index in [1.165, 1.54) is 0 Å². The van der Waals surface area contributed by atoms with E-state index in [9.17, 15) is 9.90 Å². The second-order valence-corrected chi connectivity index (χ2v) is 5.82. The first-order valence-electron chi connectivity index (χ1n) is 8.03. The average Bonchev–Trinajstić information content (AvgIpc) is 3.41. The molecule has 0 unspecified atom stereocenters. The van der Waals surface area contributed by atoms with Gasteiger partial charge in [-0.25, -0.2) is 4.79 Å². The molecule has 0 spiro atoms. The van der Waals surface area contributed by atoms with E-state index in [0.29, 0.717) is 6.42 Å². The molecule has 5 nitrogen and oxygen atoms in total. The highest BCUT2D eigenvalue weighted by molar-refractivity contribution is 5.67. The lowest BCUT2D eigenvalue weighted by Crippen LogP contribution is -2.41. The Hall–Kier alpha value is -2.37. The van der Waals surface area contributed by atoms with Crippen molar-refractivity contribution >= 4 is 6.09 Å². The van der Waals surface area contributed by atoms with E-state index in [0.717, 1.165) is 11.1 Å². The van der Waals surface area contributed by atoms with Crippen LogP contribution in [0.1, 0.15) is 11.1 Å². The normalized spacial score (nSPS) is 20.2. The fourth-order valence-electron chi connectivity index (χ4n) is 2.69. The van der Waals surface area contributed by atoms with Crippen LogP contribution in [0.15, 0.2) is 60.7 Å². The SMILES string of the molecule is O=C(N[C@@H](Cc1ccccc1)[C@H]1O[C@H]1CO)OCc1ccccc1. The lowest BCUT2D eigenvalue weighted by atomic mass is 10.0. The van der Waals surface area contributed by atoms with Crippen molar-refractivity contribution in [2.24, 2.45) is 0 Å². The number of alkyl carbamates (subject to hydrolysis) is 1. The van der Waals surface area contributed by atoms with Gasteiger partial charge in [-0.15, -0.1) is 0 Å². The van der Waals surface area contributed by atoms with Gasteiger partial charge in [0.15, 0.2) is 0 Å². The maximum atomic E-state index is 12.1. The zero-order chi connectivity index (χ0) is 16.8. The topological polar surface area (TPSA) is 71.1 Å². The molecule has 1 aliphatic rings. The van der Waals surface area contributed by atoms with Gasteiger partial charge < -0.3 is 19.9 Å². The largest absolute Gasteiger partial charge is 0.445 e. The standard InChI is InChI=1S/C19H21NO4/c21-12-17-18(24-17)16(11-14-7-3-1-4-8-14)20-19(22)23-13-15-9-5-2-6-10-15/h1-10,16-18,21H,11-13H2,(H,20,22)/t16-,17-,18+/m0/s1. The van der Waals surface area contributed by atoms with Crippen LogP contribution < -0.4 is 5.32 Å². The molecule has 2 aromatic carbocycles. The van der Waals surface area contributed by atoms with Crippen LogP contribution in [0.4, 0.5) is 4.79 Å². The third-order valence-electron chi connectivity index (χ3n) is 4.01. The Bertz CT molecular complexity index is 647. The number of aliphatic hydroxyl groups excluding tert-OH is 1. The molecular weight excluding hydrogens is 306 g/mol. The molecule has 1 aliphatic heterocycles. The van der Waals surface area contributed by atoms with Gasteiger partial charge in [0.05, 0.1) is 12.6 Å². The van der Waals surface area contributed by atoms with E-state index in [2.05, 4.69) is 5.32 Å². The first-order chi connectivity index (χ1) is 11.8. The van der Waals surface area contributed by atoms with Crippen LogP contribution >= 0.6 is 0 Å². The Morgan fingerprint density at radius 1 is 1.08 bits per heavy atom. The Labute approximate surface area is 141 Å². The van der Waals surface area contributed by atoms with Gasteiger partial charge in [-0.05, 0) is 17.5 Å². The third-order valence-corrected chi connectivity index (χ3v) is 4.01. The monoisotopic (exact) mass is 327 g/mol. The number of hydrogen-bond acceptors (Lipinski definition) is 4. The number of ether oxygens (including phenoxy) is 2. The second-order valence-electron chi connectivity index (χ2n) is 5.82. The molecule has 0 aromatic heterocycles. The summed E-state index contributed by atoms with van der Waals surface area (Å²) in [6.07, 6.45) is -0.248. The number of carbonyl (C=O) groups excluding carboxylic acids is 1. The van der Waals surface area contributed by atoms with Gasteiger partial charge in [0.1, 0.15) is 18.8 Å². The molecule has 2 N–H and O–H groups in total. The number of carbonyl (C=O) groups is 1. The minimum absolute atomic E-state index is 0.0449. The zero-order valence-corrected chi connectivity index (χ0v) is 13.3. The quantitative estimate of drug-likeness (QED) is 0.766. The van der Waals surface area contributed by atoms with Crippen molar-refractivity contribution in [1.82, 2.24) is 5.32 Å². The zero-order valence-electron chi connectivity index (χ0n) is 13.3. The summed E-state index contributed by atoms with van der Waals surface area (Å²) in [4.78, 5) is 12.1. The Morgan fingerprint density at radius 2 is 1.71 bits per heavy atom. The Balaban J connectivity index is 1.56. The number of aliphatic hydroxyl groups is 1. The molecule has 1 saturated heterocycles. The summed E-state index contributed by atoms with van der Waals surface area (Å²) < 4.78 is 10.7. The molecule has 3 atom stereocenters. The number of rotatable bonds is 7. The van der Waals surface area contributed by atoms with Gasteiger partial charge in [-0.1, -0.05) is 60.7 Å². The second kappa shape index (κ2) is 7.95. The van der Waals surface area contributed by atoms with Crippen molar-refractivity contribution < 1.29 is 19.4 Å². The highest BCUT2D eigenvalue weighted by Crippen LogP contribution is 2.27. The van der Waals surface area contributed by atoms with Gasteiger partial charge in [0.2, 0.25) is 0 Å². The van der Waals surface area contributed by atoms with Gasteiger partial charge in [-0.3, -0.25) is 0 Å². The highest BCUT2D eigenvalue weighted by atomic mass is 16.6. The predicted molar refractivity (Wildman–Crippen MR) is 89.4 cm³/mol. The predicted octanol–water partition coefficient (Wildman–Crippen LogP) is 2.28. The van der Waals surface area contributed by atoms with Crippen LogP contribution in [0.3, 0.4) is 0 Å². The highest BCUT2D eigenvalue weighted by Gasteiger charge is 2.45. The van der Waals surface area contributed by atoms with E-state index in [1.54, 1.807) is 0 Å². The molecule has 0 aliphatic carbocycles. The number of nitrogens with one attached hydrogen (secondary N) is 1. The van der Waals surface area contributed by atoms with Crippen molar-refractivity contribution in [1.29, 1.82) is 0 Å². The van der Waals surface area contributed by atoms with Crippen molar-refractivity contribution in [3.05, 3.63) is 71.8 Å². The van der Waals surface area contributed by atoms with Crippen molar-refractivity contribution in [3.8, 4) is 0 Å². The van der Waals surface area contributed by atoms with Crippen LogP contribution in [0.5, 0.6) is 0 Å². The van der Waals surface area contributed by atoms with Gasteiger partial charge >= 0.3 is 6.09 Å². The fraction of sp³-hybridized carbons (Fsp3) is 0.316. The summed E-state index contributed by atoms with van der Waals surface area (Å²) in [6.45, 7) is 0.177. The molecular formula is C19H21NO4. The van der Waals surface area contributed by atoms with Crippen LogP contribution in [-0.2, 0) is 22.5 Å². The molecule has 5 heteroatoms. The van der Waals surface area contributed by atoms with Crippen LogP contribution in [0.25, 0.3) is 0 Å². The third kappa shape index (κ3) is 4.57. The first kappa shape index (κ1) is 16.5. The fourth-order valence-corrected chi connectivity index (χ4v) is 2.69. The summed E-state index contributed by atoms with van der Waals surface area (Å²) in [6, 6.07) is 19.2. The van der Waals surface area contributed by atoms with Gasteiger partial charge in [0.25, 0.3) is 0 Å². The summed E-state index contributed by atoms with van der Waals surface area (Å²) in [5, 5.41) is 12.1. The minimum atomic E-state index is -0.480.